The summed E-state index contributed by atoms with van der Waals surface area (Å²) in [5.41, 5.74) is 1.21. The monoisotopic (exact) mass is 94.1 g/mol. The molecule has 0 aliphatic heterocycles. The molecule has 0 saturated carbocycles. The lowest BCUT2D eigenvalue weighted by Gasteiger charge is -1.82. The Bertz CT molecular complexity index is 143. The van der Waals surface area contributed by atoms with Gasteiger partial charge in [-0.1, -0.05) is 35.9 Å². The highest BCUT2D eigenvalue weighted by Gasteiger charge is 1.72. The minimum atomic E-state index is 0.579. The Morgan fingerprint density at radius 1 is 1.43 bits per heavy atom. The molecule has 0 atom stereocenters. The van der Waals surface area contributed by atoms with Gasteiger partial charge in [-0.15, -0.1) is 0 Å². The molecule has 1 rings (SSSR count). The van der Waals surface area contributed by atoms with Crippen LogP contribution in [0, 0.1) is 6.92 Å². The van der Waals surface area contributed by atoms with Crippen LogP contribution in [-0.2, 0) is 0 Å². The van der Waals surface area contributed by atoms with E-state index >= 15 is 0 Å². The maximum absolute atomic E-state index is 7.09. The summed E-state index contributed by atoms with van der Waals surface area (Å²) in [7, 11) is 0. The Kier molecular flexibility index (Phi) is 0.828. The highest BCUT2D eigenvalue weighted by molar-refractivity contribution is 5.11. The van der Waals surface area contributed by atoms with Crippen molar-refractivity contribution in [2.24, 2.45) is 0 Å². The molecular weight excluding hydrogens is 84.1 g/mol. The van der Waals surface area contributed by atoms with Gasteiger partial charge in [0, 0.05) is 0 Å². The lowest BCUT2D eigenvalue weighted by molar-refractivity contribution is 1.48. The first-order valence-electron chi connectivity index (χ1n) is 2.82. The molecule has 0 N–H and O–H groups in total. The zero-order valence-corrected chi connectivity index (χ0v) is 4.31. The summed E-state index contributed by atoms with van der Waals surface area (Å²) in [5.74, 6) is 0. The summed E-state index contributed by atoms with van der Waals surface area (Å²) in [4.78, 5) is 0. The quantitative estimate of drug-likeness (QED) is 0.461. The molecule has 0 aliphatic rings. The molecule has 0 saturated heterocycles. The van der Waals surface area contributed by atoms with E-state index in [0.717, 1.165) is 0 Å². The predicted molar refractivity (Wildman–Crippen MR) is 31.2 cm³/mol. The molecule has 1 aromatic rings. The topological polar surface area (TPSA) is 0 Å². The van der Waals surface area contributed by atoms with Gasteiger partial charge in [-0.3, -0.25) is 0 Å². The SMILES string of the molecule is [3H]c1ccc(C)cc1. The lowest BCUT2D eigenvalue weighted by atomic mass is 10.2. The summed E-state index contributed by atoms with van der Waals surface area (Å²) in [6.07, 6.45) is 0. The second kappa shape index (κ2) is 1.78. The van der Waals surface area contributed by atoms with Crippen molar-refractivity contribution in [2.45, 2.75) is 6.92 Å². The highest BCUT2D eigenvalue weighted by atomic mass is 13.8. The van der Waals surface area contributed by atoms with Crippen molar-refractivity contribution in [2.75, 3.05) is 0 Å². The van der Waals surface area contributed by atoms with Crippen LogP contribution in [-0.4, -0.2) is 0 Å². The van der Waals surface area contributed by atoms with Gasteiger partial charge in [-0.05, 0) is 6.92 Å². The van der Waals surface area contributed by atoms with Crippen molar-refractivity contribution in [1.82, 2.24) is 0 Å². The van der Waals surface area contributed by atoms with Gasteiger partial charge >= 0.3 is 0 Å². The fraction of sp³-hybridized carbons (Fsp3) is 0.143. The molecule has 1 aromatic carbocycles. The molecule has 0 spiro atoms. The van der Waals surface area contributed by atoms with Gasteiger partial charge in [0.1, 0.15) is 0 Å². The summed E-state index contributed by atoms with van der Waals surface area (Å²) in [5, 5.41) is 0. The first-order chi connectivity index (χ1) is 3.79. The largest absolute Gasteiger partial charge is 0.0623 e. The van der Waals surface area contributed by atoms with E-state index in [0.29, 0.717) is 6.04 Å². The molecular formula is C7H8. The van der Waals surface area contributed by atoms with E-state index in [4.69, 9.17) is 1.37 Å². The second-order valence-electron chi connectivity index (χ2n) is 1.58. The van der Waals surface area contributed by atoms with Crippen LogP contribution in [0.1, 0.15) is 6.93 Å². The molecule has 0 nitrogen and oxygen atoms in total. The maximum Gasteiger partial charge on any atom is 0.0623 e. The molecule has 36 valence electrons. The van der Waals surface area contributed by atoms with Crippen LogP contribution in [0.2, 0.25) is 0 Å². The van der Waals surface area contributed by atoms with Crippen molar-refractivity contribution >= 4 is 0 Å². The van der Waals surface area contributed by atoms with Crippen molar-refractivity contribution < 1.29 is 1.37 Å². The van der Waals surface area contributed by atoms with Crippen LogP contribution in [0.3, 0.4) is 0 Å². The summed E-state index contributed by atoms with van der Waals surface area (Å²) < 4.78 is 7.09. The van der Waals surface area contributed by atoms with Crippen LogP contribution in [0.4, 0.5) is 0 Å². The van der Waals surface area contributed by atoms with Gasteiger partial charge in [0.15, 0.2) is 0 Å². The summed E-state index contributed by atoms with van der Waals surface area (Å²) in [6.45, 7) is 2.01. The van der Waals surface area contributed by atoms with E-state index in [9.17, 15) is 0 Å². The fourth-order valence-electron chi connectivity index (χ4n) is 0.470. The molecule has 0 aliphatic carbocycles. The van der Waals surface area contributed by atoms with Crippen molar-refractivity contribution in [3.63, 3.8) is 0 Å². The zero-order valence-electron chi connectivity index (χ0n) is 5.31. The third-order valence-corrected chi connectivity index (χ3v) is 0.885. The van der Waals surface area contributed by atoms with E-state index in [1.807, 2.05) is 19.1 Å². The van der Waals surface area contributed by atoms with Crippen LogP contribution in [0.15, 0.2) is 30.3 Å². The smallest absolute Gasteiger partial charge is 0.0622 e. The van der Waals surface area contributed by atoms with E-state index in [1.165, 1.54) is 5.56 Å². The molecule has 0 heterocycles. The number of aryl methyl sites for hydroxylation is 1. The standard InChI is InChI=1S/C7H8/c1-7-5-3-2-4-6-7/h2-6H,1H3/i2T. The van der Waals surface area contributed by atoms with Gasteiger partial charge in [-0.2, -0.15) is 0 Å². The van der Waals surface area contributed by atoms with Gasteiger partial charge < -0.3 is 0 Å². The van der Waals surface area contributed by atoms with E-state index in [-0.39, 0.29) is 0 Å². The molecule has 0 amide bonds. The number of hydrogen-bond acceptors (Lipinski definition) is 0. The molecule has 0 heteroatoms. The summed E-state index contributed by atoms with van der Waals surface area (Å²) in [6, 6.07) is 8.02. The first-order valence-corrected chi connectivity index (χ1v) is 2.32. The summed E-state index contributed by atoms with van der Waals surface area (Å²) >= 11 is 0. The first kappa shape index (κ1) is 3.25. The Balaban J connectivity index is 3.03. The van der Waals surface area contributed by atoms with Crippen molar-refractivity contribution in [1.29, 1.82) is 0 Å². The maximum atomic E-state index is 7.09. The molecule has 0 radical (unpaired) electrons. The minimum Gasteiger partial charge on any atom is -0.0622 e. The number of rotatable bonds is 0. The Labute approximate surface area is 45.2 Å². The normalized spacial score (nSPS) is 10.7. The third kappa shape index (κ3) is 1.04. The molecule has 0 bridgehead atoms. The highest BCUT2D eigenvalue weighted by Crippen LogP contribution is 1.92. The van der Waals surface area contributed by atoms with Crippen LogP contribution in [0.25, 0.3) is 0 Å². The van der Waals surface area contributed by atoms with E-state index in [2.05, 4.69) is 0 Å². The van der Waals surface area contributed by atoms with E-state index in [1.54, 1.807) is 12.1 Å². The molecule has 0 fully saturated rings. The Hall–Kier alpha value is -0.780. The van der Waals surface area contributed by atoms with Crippen LogP contribution < -0.4 is 0 Å². The molecule has 7 heavy (non-hydrogen) atoms. The fourth-order valence-corrected chi connectivity index (χ4v) is 0.470. The van der Waals surface area contributed by atoms with Gasteiger partial charge in [-0.25, -0.2) is 0 Å². The van der Waals surface area contributed by atoms with Gasteiger partial charge in [0.05, 0.1) is 1.37 Å². The number of hydrogen-bond donors (Lipinski definition) is 0. The van der Waals surface area contributed by atoms with Crippen LogP contribution >= 0.6 is 0 Å². The second-order valence-corrected chi connectivity index (χ2v) is 1.58. The van der Waals surface area contributed by atoms with Crippen molar-refractivity contribution in [3.8, 4) is 0 Å². The molecule has 0 unspecified atom stereocenters. The Morgan fingerprint density at radius 2 is 2.00 bits per heavy atom. The Morgan fingerprint density at radius 3 is 2.43 bits per heavy atom. The lowest BCUT2D eigenvalue weighted by Crippen LogP contribution is -1.62. The minimum absolute atomic E-state index is 0.579. The molecule has 0 aromatic heterocycles. The third-order valence-electron chi connectivity index (χ3n) is 0.885. The average molecular weight is 94.1 g/mol. The van der Waals surface area contributed by atoms with E-state index < -0.39 is 0 Å². The van der Waals surface area contributed by atoms with Gasteiger partial charge in [0.25, 0.3) is 0 Å². The number of benzene rings is 1. The van der Waals surface area contributed by atoms with Crippen molar-refractivity contribution in [3.05, 3.63) is 35.9 Å². The van der Waals surface area contributed by atoms with Crippen LogP contribution in [0.5, 0.6) is 0 Å². The predicted octanol–water partition coefficient (Wildman–Crippen LogP) is 2.00. The zero-order chi connectivity index (χ0) is 5.98. The average Bonchev–Trinajstić information content (AvgIpc) is 1.77. The van der Waals surface area contributed by atoms with Gasteiger partial charge in [0.2, 0.25) is 0 Å².